The lowest BCUT2D eigenvalue weighted by Crippen LogP contribution is -2.34. The first-order chi connectivity index (χ1) is 13.7. The van der Waals surface area contributed by atoms with Gasteiger partial charge >= 0.3 is 12.1 Å². The summed E-state index contributed by atoms with van der Waals surface area (Å²) in [5, 5.41) is 13.9. The van der Waals surface area contributed by atoms with Crippen LogP contribution < -0.4 is 5.32 Å². The summed E-state index contributed by atoms with van der Waals surface area (Å²) in [5.41, 5.74) is -1.55. The molecule has 1 heterocycles. The average molecular weight is 419 g/mol. The number of fused-ring (bicyclic) bond motifs is 1. The monoisotopic (exact) mass is 419 g/mol. The molecule has 1 aromatic carbocycles. The Kier molecular flexibility index (Phi) is 6.19. The number of non-ortho nitro benzene ring substituents is 1. The van der Waals surface area contributed by atoms with Crippen molar-refractivity contribution in [3.63, 3.8) is 0 Å². The van der Waals surface area contributed by atoms with E-state index in [1.807, 2.05) is 0 Å². The zero-order valence-electron chi connectivity index (χ0n) is 17.8. The van der Waals surface area contributed by atoms with Crippen molar-refractivity contribution in [2.45, 2.75) is 52.7 Å². The maximum atomic E-state index is 12.7. The number of nitro groups is 1. The maximum absolute atomic E-state index is 12.7. The molecule has 0 atom stereocenters. The van der Waals surface area contributed by atoms with Crippen molar-refractivity contribution in [2.24, 2.45) is 0 Å². The molecular weight excluding hydrogens is 394 g/mol. The van der Waals surface area contributed by atoms with Crippen LogP contribution in [0.25, 0.3) is 10.9 Å². The molecule has 0 aliphatic carbocycles. The highest BCUT2D eigenvalue weighted by molar-refractivity contribution is 6.09. The highest BCUT2D eigenvalue weighted by atomic mass is 16.6. The van der Waals surface area contributed by atoms with Crippen LogP contribution in [-0.4, -0.2) is 45.2 Å². The number of nitrogens with zero attached hydrogens (tertiary/aromatic N) is 2. The van der Waals surface area contributed by atoms with Gasteiger partial charge in [0.05, 0.1) is 16.0 Å². The number of hydrogen-bond acceptors (Lipinski definition) is 7. The molecule has 0 bridgehead atoms. The summed E-state index contributed by atoms with van der Waals surface area (Å²) < 4.78 is 11.5. The third-order valence-corrected chi connectivity index (χ3v) is 3.65. The van der Waals surface area contributed by atoms with Crippen LogP contribution in [0.3, 0.4) is 0 Å². The topological polar surface area (TPSA) is 130 Å². The van der Waals surface area contributed by atoms with Crippen molar-refractivity contribution in [1.29, 1.82) is 0 Å². The fourth-order valence-electron chi connectivity index (χ4n) is 2.60. The van der Waals surface area contributed by atoms with E-state index in [-0.39, 0.29) is 23.3 Å². The van der Waals surface area contributed by atoms with E-state index in [0.29, 0.717) is 5.39 Å². The van der Waals surface area contributed by atoms with E-state index in [0.717, 1.165) is 4.57 Å². The molecule has 1 amide bonds. The van der Waals surface area contributed by atoms with Gasteiger partial charge in [-0.05, 0) is 47.6 Å². The Labute approximate surface area is 173 Å². The van der Waals surface area contributed by atoms with E-state index < -0.39 is 34.1 Å². The van der Waals surface area contributed by atoms with Gasteiger partial charge in [-0.2, -0.15) is 0 Å². The fraction of sp³-hybridized carbons (Fsp3) is 0.450. The number of nitro benzene ring substituents is 1. The van der Waals surface area contributed by atoms with Gasteiger partial charge < -0.3 is 14.8 Å². The molecule has 10 heteroatoms. The minimum absolute atomic E-state index is 0.0642. The zero-order chi connectivity index (χ0) is 22.9. The fourth-order valence-corrected chi connectivity index (χ4v) is 2.60. The Morgan fingerprint density at radius 2 is 1.67 bits per heavy atom. The lowest BCUT2D eigenvalue weighted by molar-refractivity contribution is -0.384. The Bertz CT molecular complexity index is 1010. The smallest absolute Gasteiger partial charge is 0.419 e. The Morgan fingerprint density at radius 1 is 1.07 bits per heavy atom. The molecule has 0 saturated heterocycles. The number of benzene rings is 1. The van der Waals surface area contributed by atoms with Gasteiger partial charge in [-0.3, -0.25) is 24.3 Å². The van der Waals surface area contributed by atoms with Gasteiger partial charge in [0.2, 0.25) is 0 Å². The van der Waals surface area contributed by atoms with E-state index in [9.17, 15) is 24.5 Å². The van der Waals surface area contributed by atoms with Crippen LogP contribution in [0, 0.1) is 10.1 Å². The molecule has 2 aromatic rings. The first kappa shape index (κ1) is 22.9. The Balaban J connectivity index is 2.40. The van der Waals surface area contributed by atoms with Crippen molar-refractivity contribution < 1.29 is 28.8 Å². The Hall–Kier alpha value is -3.43. The van der Waals surface area contributed by atoms with Gasteiger partial charge in [0.25, 0.3) is 11.6 Å². The Morgan fingerprint density at radius 3 is 2.20 bits per heavy atom. The number of esters is 1. The molecule has 0 spiro atoms. The summed E-state index contributed by atoms with van der Waals surface area (Å²) >= 11 is 0. The highest BCUT2D eigenvalue weighted by Crippen LogP contribution is 2.27. The number of rotatable bonds is 4. The van der Waals surface area contributed by atoms with E-state index in [2.05, 4.69) is 5.32 Å². The third-order valence-electron chi connectivity index (χ3n) is 3.65. The highest BCUT2D eigenvalue weighted by Gasteiger charge is 2.25. The largest absolute Gasteiger partial charge is 0.459 e. The SMILES string of the molecule is CC(C)(C)OC(=O)CNC(=O)c1cn(C(=O)OC(C)(C)C)c2cc([N+](=O)[O-])ccc12. The number of ether oxygens (including phenoxy) is 2. The molecule has 0 saturated carbocycles. The quantitative estimate of drug-likeness (QED) is 0.456. The van der Waals surface area contributed by atoms with Crippen LogP contribution in [-0.2, 0) is 14.3 Å². The van der Waals surface area contributed by atoms with Crippen LogP contribution >= 0.6 is 0 Å². The molecule has 1 N–H and O–H groups in total. The first-order valence-corrected chi connectivity index (χ1v) is 9.21. The maximum Gasteiger partial charge on any atom is 0.419 e. The second-order valence-electron chi connectivity index (χ2n) is 8.62. The molecule has 0 aliphatic rings. The lowest BCUT2D eigenvalue weighted by atomic mass is 10.1. The minimum atomic E-state index is -0.812. The van der Waals surface area contributed by atoms with Gasteiger partial charge in [0, 0.05) is 23.7 Å². The molecule has 0 aliphatic heterocycles. The summed E-state index contributed by atoms with van der Waals surface area (Å²) in [6.45, 7) is 9.76. The molecule has 1 aromatic heterocycles. The van der Waals surface area contributed by atoms with Gasteiger partial charge in [-0.25, -0.2) is 4.79 Å². The number of hydrogen-bond donors (Lipinski definition) is 1. The molecule has 0 radical (unpaired) electrons. The standard InChI is InChI=1S/C20H25N3O7/c1-19(2,3)29-16(24)10-21-17(25)14-11-22(18(26)30-20(4,5)6)15-9-12(23(27)28)7-8-13(14)15/h7-9,11H,10H2,1-6H3,(H,21,25). The second-order valence-corrected chi connectivity index (χ2v) is 8.62. The summed E-state index contributed by atoms with van der Waals surface area (Å²) in [4.78, 5) is 47.6. The predicted octanol–water partition coefficient (Wildman–Crippen LogP) is 3.40. The van der Waals surface area contributed by atoms with Gasteiger partial charge in [0.1, 0.15) is 17.7 Å². The van der Waals surface area contributed by atoms with Crippen molar-refractivity contribution in [3.8, 4) is 0 Å². The molecule has 30 heavy (non-hydrogen) atoms. The van der Waals surface area contributed by atoms with Crippen LogP contribution in [0.4, 0.5) is 10.5 Å². The van der Waals surface area contributed by atoms with Gasteiger partial charge in [-0.15, -0.1) is 0 Å². The third kappa shape index (κ3) is 5.79. The van der Waals surface area contributed by atoms with Crippen molar-refractivity contribution in [1.82, 2.24) is 9.88 Å². The molecule has 2 rings (SSSR count). The summed E-state index contributed by atoms with van der Waals surface area (Å²) in [6, 6.07) is 3.78. The van der Waals surface area contributed by atoms with Crippen molar-refractivity contribution in [2.75, 3.05) is 6.54 Å². The van der Waals surface area contributed by atoms with Gasteiger partial charge in [0.15, 0.2) is 0 Å². The molecule has 0 unspecified atom stereocenters. The van der Waals surface area contributed by atoms with Crippen LogP contribution in [0.5, 0.6) is 0 Å². The van der Waals surface area contributed by atoms with Crippen LogP contribution in [0.15, 0.2) is 24.4 Å². The summed E-state index contributed by atoms with van der Waals surface area (Å²) in [6.07, 6.45) is 0.437. The second kappa shape index (κ2) is 8.13. The normalized spacial score (nSPS) is 11.8. The van der Waals surface area contributed by atoms with Crippen LogP contribution in [0.2, 0.25) is 0 Å². The number of aromatic nitrogens is 1. The van der Waals surface area contributed by atoms with Crippen molar-refractivity contribution >= 4 is 34.6 Å². The van der Waals surface area contributed by atoms with Gasteiger partial charge in [-0.1, -0.05) is 0 Å². The van der Waals surface area contributed by atoms with E-state index >= 15 is 0 Å². The average Bonchev–Trinajstić information content (AvgIpc) is 2.95. The number of nitrogens with one attached hydrogen (secondary N) is 1. The number of carbonyl (C=O) groups is 3. The van der Waals surface area contributed by atoms with Crippen LogP contribution in [0.1, 0.15) is 51.9 Å². The number of carbonyl (C=O) groups excluding carboxylic acids is 3. The zero-order valence-corrected chi connectivity index (χ0v) is 17.8. The van der Waals surface area contributed by atoms with E-state index in [1.165, 1.54) is 24.4 Å². The molecule has 162 valence electrons. The minimum Gasteiger partial charge on any atom is -0.459 e. The van der Waals surface area contributed by atoms with E-state index in [1.54, 1.807) is 41.5 Å². The number of amides is 1. The predicted molar refractivity (Wildman–Crippen MR) is 108 cm³/mol. The van der Waals surface area contributed by atoms with Crippen molar-refractivity contribution in [3.05, 3.63) is 40.1 Å². The molecule has 10 nitrogen and oxygen atoms in total. The summed E-state index contributed by atoms with van der Waals surface area (Å²) in [5.74, 6) is -1.26. The van der Waals surface area contributed by atoms with E-state index in [4.69, 9.17) is 9.47 Å². The summed E-state index contributed by atoms with van der Waals surface area (Å²) in [7, 11) is 0. The molecular formula is C20H25N3O7. The molecule has 0 fully saturated rings. The lowest BCUT2D eigenvalue weighted by Gasteiger charge is -2.19. The first-order valence-electron chi connectivity index (χ1n) is 9.21.